The first-order chi connectivity index (χ1) is 16.6. The highest BCUT2D eigenvalue weighted by Crippen LogP contribution is 2.36. The van der Waals surface area contributed by atoms with Gasteiger partial charge in [-0.3, -0.25) is 0 Å². The van der Waals surface area contributed by atoms with Crippen LogP contribution in [0.1, 0.15) is 120 Å². The molecule has 4 heteroatoms. The van der Waals surface area contributed by atoms with E-state index in [-0.39, 0.29) is 22.8 Å². The molecule has 0 bridgehead atoms. The summed E-state index contributed by atoms with van der Waals surface area (Å²) in [5, 5.41) is 0. The summed E-state index contributed by atoms with van der Waals surface area (Å²) in [6.07, 6.45) is 1.37. The average Bonchev–Trinajstić information content (AvgIpc) is 2.80. The quantitative estimate of drug-likeness (QED) is 0.329. The summed E-state index contributed by atoms with van der Waals surface area (Å²) in [6.45, 7) is 21.0. The lowest BCUT2D eigenvalue weighted by Crippen LogP contribution is -2.45. The monoisotopic (exact) mass is 494 g/mol. The molecule has 0 spiro atoms. The van der Waals surface area contributed by atoms with Crippen LogP contribution in [-0.2, 0) is 20.3 Å². The van der Waals surface area contributed by atoms with Gasteiger partial charge in [0, 0.05) is 5.41 Å². The first-order valence-corrected chi connectivity index (χ1v) is 13.2. The van der Waals surface area contributed by atoms with Gasteiger partial charge in [0.25, 0.3) is 0 Å². The third kappa shape index (κ3) is 7.44. The standard InChI is InChI=1S/C32H46O4/c1-11-13-27(36-29(34)23-16-20-25(21-17-23)31(6,7)8)32(9,10)26(12-2)35-28(33)22-14-18-24(19-15-22)30(3,4)5/h14-21,26-27H,11-13H2,1-10H3. The van der Waals surface area contributed by atoms with E-state index in [0.717, 1.165) is 17.5 Å². The minimum absolute atomic E-state index is 0.0143. The molecular weight excluding hydrogens is 448 g/mol. The van der Waals surface area contributed by atoms with Crippen molar-refractivity contribution in [3.63, 3.8) is 0 Å². The van der Waals surface area contributed by atoms with Gasteiger partial charge >= 0.3 is 11.9 Å². The number of esters is 2. The second-order valence-electron chi connectivity index (χ2n) is 12.5. The molecule has 0 aromatic heterocycles. The molecule has 2 unspecified atom stereocenters. The van der Waals surface area contributed by atoms with Crippen molar-refractivity contribution >= 4 is 11.9 Å². The van der Waals surface area contributed by atoms with Gasteiger partial charge in [-0.1, -0.05) is 99.9 Å². The van der Waals surface area contributed by atoms with Crippen molar-refractivity contribution in [1.82, 2.24) is 0 Å². The van der Waals surface area contributed by atoms with Crippen LogP contribution in [0.25, 0.3) is 0 Å². The Morgan fingerprint density at radius 3 is 1.31 bits per heavy atom. The van der Waals surface area contributed by atoms with Crippen molar-refractivity contribution in [3.05, 3.63) is 70.8 Å². The third-order valence-corrected chi connectivity index (χ3v) is 7.05. The van der Waals surface area contributed by atoms with E-state index in [9.17, 15) is 9.59 Å². The minimum atomic E-state index is -0.563. The van der Waals surface area contributed by atoms with Crippen molar-refractivity contribution in [1.29, 1.82) is 0 Å². The molecule has 36 heavy (non-hydrogen) atoms. The molecule has 4 nitrogen and oxygen atoms in total. The van der Waals surface area contributed by atoms with Gasteiger partial charge < -0.3 is 9.47 Å². The Labute approximate surface area is 218 Å². The highest BCUT2D eigenvalue weighted by atomic mass is 16.6. The van der Waals surface area contributed by atoms with E-state index in [1.807, 2.05) is 69.3 Å². The van der Waals surface area contributed by atoms with Crippen LogP contribution in [0.2, 0.25) is 0 Å². The molecule has 0 N–H and O–H groups in total. The first kappa shape index (κ1) is 29.6. The van der Waals surface area contributed by atoms with Gasteiger partial charge in [0.15, 0.2) is 0 Å². The van der Waals surface area contributed by atoms with Crippen LogP contribution in [0.15, 0.2) is 48.5 Å². The number of benzene rings is 2. The van der Waals surface area contributed by atoms with E-state index in [0.29, 0.717) is 24.0 Å². The van der Waals surface area contributed by atoms with Gasteiger partial charge in [-0.15, -0.1) is 0 Å². The lowest BCUT2D eigenvalue weighted by atomic mass is 9.77. The highest BCUT2D eigenvalue weighted by molar-refractivity contribution is 5.90. The van der Waals surface area contributed by atoms with Crippen LogP contribution in [0.5, 0.6) is 0 Å². The normalized spacial score (nSPS) is 14.2. The molecular formula is C32H46O4. The van der Waals surface area contributed by atoms with E-state index < -0.39 is 17.6 Å². The van der Waals surface area contributed by atoms with Crippen LogP contribution in [0.4, 0.5) is 0 Å². The van der Waals surface area contributed by atoms with E-state index >= 15 is 0 Å². The Hall–Kier alpha value is -2.62. The molecule has 0 aliphatic heterocycles. The number of rotatable bonds is 9. The Morgan fingerprint density at radius 1 is 0.639 bits per heavy atom. The second kappa shape index (κ2) is 11.6. The zero-order valence-corrected chi connectivity index (χ0v) is 24.0. The maximum atomic E-state index is 13.1. The molecule has 2 aromatic rings. The zero-order chi connectivity index (χ0) is 27.3. The van der Waals surface area contributed by atoms with Gasteiger partial charge in [-0.25, -0.2) is 9.59 Å². The van der Waals surface area contributed by atoms with E-state index in [1.165, 1.54) is 0 Å². The smallest absolute Gasteiger partial charge is 0.338 e. The summed E-state index contributed by atoms with van der Waals surface area (Å²) < 4.78 is 12.1. The largest absolute Gasteiger partial charge is 0.458 e. The van der Waals surface area contributed by atoms with Gasteiger partial charge in [0.05, 0.1) is 11.1 Å². The summed E-state index contributed by atoms with van der Waals surface area (Å²) in [5.41, 5.74) is 2.85. The maximum absolute atomic E-state index is 13.1. The second-order valence-corrected chi connectivity index (χ2v) is 12.5. The van der Waals surface area contributed by atoms with Crippen molar-refractivity contribution in [2.75, 3.05) is 0 Å². The summed E-state index contributed by atoms with van der Waals surface area (Å²) in [5.74, 6) is -0.698. The summed E-state index contributed by atoms with van der Waals surface area (Å²) in [7, 11) is 0. The molecule has 2 rings (SSSR count). The number of carbonyl (C=O) groups excluding carboxylic acids is 2. The predicted octanol–water partition coefficient (Wildman–Crippen LogP) is 8.27. The van der Waals surface area contributed by atoms with Gasteiger partial charge in [-0.2, -0.15) is 0 Å². The van der Waals surface area contributed by atoms with E-state index in [1.54, 1.807) is 0 Å². The Bertz CT molecular complexity index is 1000. The van der Waals surface area contributed by atoms with Crippen LogP contribution < -0.4 is 0 Å². The fourth-order valence-electron chi connectivity index (χ4n) is 4.42. The number of hydrogen-bond acceptors (Lipinski definition) is 4. The molecule has 2 aromatic carbocycles. The van der Waals surface area contributed by atoms with Crippen LogP contribution in [-0.4, -0.2) is 24.1 Å². The fourth-order valence-corrected chi connectivity index (χ4v) is 4.42. The topological polar surface area (TPSA) is 52.6 Å². The van der Waals surface area contributed by atoms with Crippen molar-refractivity contribution < 1.29 is 19.1 Å². The first-order valence-electron chi connectivity index (χ1n) is 13.2. The predicted molar refractivity (Wildman–Crippen MR) is 148 cm³/mol. The van der Waals surface area contributed by atoms with E-state index in [2.05, 4.69) is 48.5 Å². The third-order valence-electron chi connectivity index (χ3n) is 7.05. The number of hydrogen-bond donors (Lipinski definition) is 0. The Morgan fingerprint density at radius 2 is 1.00 bits per heavy atom. The fraction of sp³-hybridized carbons (Fsp3) is 0.562. The van der Waals surface area contributed by atoms with Crippen LogP contribution >= 0.6 is 0 Å². The summed E-state index contributed by atoms with van der Waals surface area (Å²) >= 11 is 0. The molecule has 0 amide bonds. The summed E-state index contributed by atoms with van der Waals surface area (Å²) in [4.78, 5) is 26.1. The van der Waals surface area contributed by atoms with Crippen LogP contribution in [0, 0.1) is 5.41 Å². The molecule has 0 aliphatic carbocycles. The molecule has 0 saturated heterocycles. The molecule has 198 valence electrons. The van der Waals surface area contributed by atoms with Crippen LogP contribution in [0.3, 0.4) is 0 Å². The van der Waals surface area contributed by atoms with Gasteiger partial charge in [0.2, 0.25) is 0 Å². The van der Waals surface area contributed by atoms with Crippen molar-refractivity contribution in [2.45, 2.75) is 112 Å². The highest BCUT2D eigenvalue weighted by Gasteiger charge is 2.41. The lowest BCUT2D eigenvalue weighted by Gasteiger charge is -2.39. The number of carbonyl (C=O) groups is 2. The molecule has 0 saturated carbocycles. The molecule has 0 fully saturated rings. The Balaban J connectivity index is 2.19. The molecule has 0 heterocycles. The minimum Gasteiger partial charge on any atom is -0.458 e. The number of ether oxygens (including phenoxy) is 2. The average molecular weight is 495 g/mol. The zero-order valence-electron chi connectivity index (χ0n) is 24.0. The maximum Gasteiger partial charge on any atom is 0.338 e. The molecule has 0 radical (unpaired) electrons. The van der Waals surface area contributed by atoms with Gasteiger partial charge in [-0.05, 0) is 59.1 Å². The van der Waals surface area contributed by atoms with E-state index in [4.69, 9.17) is 9.47 Å². The Kier molecular flexibility index (Phi) is 9.56. The molecule has 2 atom stereocenters. The molecule has 0 aliphatic rings. The van der Waals surface area contributed by atoms with Crippen molar-refractivity contribution in [3.8, 4) is 0 Å². The van der Waals surface area contributed by atoms with Gasteiger partial charge in [0.1, 0.15) is 12.2 Å². The lowest BCUT2D eigenvalue weighted by molar-refractivity contribution is -0.0756. The summed E-state index contributed by atoms with van der Waals surface area (Å²) in [6, 6.07) is 15.2. The SMILES string of the molecule is CCCC(OC(=O)c1ccc(C(C)(C)C)cc1)C(C)(C)C(CC)OC(=O)c1ccc(C(C)(C)C)cc1. The van der Waals surface area contributed by atoms with Crippen molar-refractivity contribution in [2.24, 2.45) is 5.41 Å².